The molecule has 1 aromatic rings. The molecule has 2 aliphatic rings. The highest BCUT2D eigenvalue weighted by molar-refractivity contribution is 7.91. The van der Waals surface area contributed by atoms with Gasteiger partial charge in [0, 0.05) is 27.1 Å². The number of amides is 2. The maximum absolute atomic E-state index is 13.8. The van der Waals surface area contributed by atoms with Crippen molar-refractivity contribution in [3.8, 4) is 0 Å². The Kier molecular flexibility index (Phi) is 7.76. The van der Waals surface area contributed by atoms with Gasteiger partial charge in [-0.1, -0.05) is 31.2 Å². The Morgan fingerprint density at radius 2 is 1.62 bits per heavy atom. The van der Waals surface area contributed by atoms with Gasteiger partial charge in [0.1, 0.15) is 20.9 Å². The maximum atomic E-state index is 13.8. The molecule has 2 amide bonds. The molecule has 12 heteroatoms. The van der Waals surface area contributed by atoms with Gasteiger partial charge in [0.15, 0.2) is 0 Å². The zero-order chi connectivity index (χ0) is 25.2. The number of hydrogen-bond acceptors (Lipinski definition) is 6. The summed E-state index contributed by atoms with van der Waals surface area (Å²) in [5.74, 6) is -1.66. The molecule has 1 aromatic carbocycles. The number of benzene rings is 1. The lowest BCUT2D eigenvalue weighted by Gasteiger charge is -2.42. The predicted molar refractivity (Wildman–Crippen MR) is 129 cm³/mol. The Morgan fingerprint density at radius 1 is 1.00 bits per heavy atom. The molecule has 190 valence electrons. The number of hydrogen-bond donors (Lipinski definition) is 3. The van der Waals surface area contributed by atoms with Crippen LogP contribution in [0.5, 0.6) is 0 Å². The first kappa shape index (κ1) is 26.6. The van der Waals surface area contributed by atoms with Gasteiger partial charge in [-0.05, 0) is 43.2 Å². The van der Waals surface area contributed by atoms with Crippen molar-refractivity contribution in [3.05, 3.63) is 35.4 Å². The van der Waals surface area contributed by atoms with Crippen LogP contribution in [0.15, 0.2) is 24.3 Å². The fourth-order valence-electron chi connectivity index (χ4n) is 4.44. The molecule has 10 nitrogen and oxygen atoms in total. The van der Waals surface area contributed by atoms with Gasteiger partial charge in [-0.25, -0.2) is 8.42 Å². The van der Waals surface area contributed by atoms with E-state index in [4.69, 9.17) is 0 Å². The highest BCUT2D eigenvalue weighted by atomic mass is 32.2. The molecule has 0 saturated carbocycles. The monoisotopic (exact) mass is 514 g/mol. The van der Waals surface area contributed by atoms with Gasteiger partial charge in [-0.15, -0.1) is 0 Å². The minimum atomic E-state index is -4.06. The highest BCUT2D eigenvalue weighted by Crippen LogP contribution is 2.32. The van der Waals surface area contributed by atoms with E-state index in [1.54, 1.807) is 0 Å². The number of carbonyl (C=O) groups excluding carboxylic acids is 2. The molecular weight excluding hydrogens is 480 g/mol. The average Bonchev–Trinajstić information content (AvgIpc) is 2.78. The summed E-state index contributed by atoms with van der Waals surface area (Å²) in [5, 5.41) is 5.77. The lowest BCUT2D eigenvalue weighted by atomic mass is 9.76. The summed E-state index contributed by atoms with van der Waals surface area (Å²) in [6.07, 6.45) is 1.48. The van der Waals surface area contributed by atoms with Crippen LogP contribution in [-0.2, 0) is 42.5 Å². The fraction of sp³-hybridized carbons (Fsp3) is 0.636. The molecule has 1 saturated heterocycles. The molecule has 1 unspecified atom stereocenters. The predicted octanol–water partition coefficient (Wildman–Crippen LogP) is -0.100. The first-order valence-corrected chi connectivity index (χ1v) is 14.7. The van der Waals surface area contributed by atoms with Crippen LogP contribution in [0.2, 0.25) is 0 Å². The Morgan fingerprint density at radius 3 is 2.21 bits per heavy atom. The summed E-state index contributed by atoms with van der Waals surface area (Å²) in [6, 6.07) is 7.71. The summed E-state index contributed by atoms with van der Waals surface area (Å²) >= 11 is 0. The van der Waals surface area contributed by atoms with Crippen LogP contribution in [0.1, 0.15) is 43.7 Å². The fourth-order valence-corrected chi connectivity index (χ4v) is 6.93. The summed E-state index contributed by atoms with van der Waals surface area (Å²) in [6.45, 7) is 2.37. The van der Waals surface area contributed by atoms with Gasteiger partial charge in [0.25, 0.3) is 10.2 Å². The zero-order valence-corrected chi connectivity index (χ0v) is 21.5. The van der Waals surface area contributed by atoms with Crippen molar-refractivity contribution in [2.45, 2.75) is 56.5 Å². The standard InChI is InChI=1S/C22H34N4O6S2/c1-4-13-23-19(27)22(10-9-17-7-5-6-8-18(17)16-22)24-20(28)21(25-34(31,32)26(2)3)11-14-33(29,30)15-12-21/h5-8,25H,4,9-16H2,1-3H3,(H,23,27)(H,24,28). The number of aryl methyl sites for hydroxylation is 1. The number of sulfone groups is 1. The van der Waals surface area contributed by atoms with Crippen molar-refractivity contribution in [2.24, 2.45) is 0 Å². The van der Waals surface area contributed by atoms with E-state index in [1.807, 2.05) is 31.2 Å². The lowest BCUT2D eigenvalue weighted by molar-refractivity contribution is -0.137. The van der Waals surface area contributed by atoms with E-state index in [9.17, 15) is 26.4 Å². The molecule has 1 aliphatic carbocycles. The van der Waals surface area contributed by atoms with Crippen molar-refractivity contribution >= 4 is 31.9 Å². The first-order valence-electron chi connectivity index (χ1n) is 11.4. The molecule has 0 aromatic heterocycles. The van der Waals surface area contributed by atoms with Crippen molar-refractivity contribution in [2.75, 3.05) is 32.1 Å². The second kappa shape index (κ2) is 9.92. The summed E-state index contributed by atoms with van der Waals surface area (Å²) in [4.78, 5) is 27.1. The number of carbonyl (C=O) groups is 2. The van der Waals surface area contributed by atoms with Gasteiger partial charge in [-0.2, -0.15) is 17.4 Å². The minimum absolute atomic E-state index is 0.211. The van der Waals surface area contributed by atoms with Crippen LogP contribution in [0.3, 0.4) is 0 Å². The molecule has 1 heterocycles. The number of fused-ring (bicyclic) bond motifs is 1. The highest BCUT2D eigenvalue weighted by Gasteiger charge is 2.51. The van der Waals surface area contributed by atoms with Gasteiger partial charge >= 0.3 is 0 Å². The molecular formula is C22H34N4O6S2. The third kappa shape index (κ3) is 5.61. The van der Waals surface area contributed by atoms with Gasteiger partial charge in [0.05, 0.1) is 11.5 Å². The van der Waals surface area contributed by atoms with Crippen LogP contribution in [-0.4, -0.2) is 76.2 Å². The summed E-state index contributed by atoms with van der Waals surface area (Å²) in [7, 11) is -4.79. The van der Waals surface area contributed by atoms with E-state index in [-0.39, 0.29) is 36.7 Å². The van der Waals surface area contributed by atoms with Crippen LogP contribution < -0.4 is 15.4 Å². The van der Waals surface area contributed by atoms with Crippen LogP contribution in [0.25, 0.3) is 0 Å². The molecule has 1 atom stereocenters. The molecule has 0 radical (unpaired) electrons. The van der Waals surface area contributed by atoms with Crippen molar-refractivity contribution in [3.63, 3.8) is 0 Å². The van der Waals surface area contributed by atoms with E-state index in [2.05, 4.69) is 15.4 Å². The summed E-state index contributed by atoms with van der Waals surface area (Å²) < 4.78 is 52.9. The van der Waals surface area contributed by atoms with Crippen LogP contribution in [0, 0.1) is 0 Å². The van der Waals surface area contributed by atoms with E-state index >= 15 is 0 Å². The minimum Gasteiger partial charge on any atom is -0.354 e. The van der Waals surface area contributed by atoms with Gasteiger partial charge in [0.2, 0.25) is 11.8 Å². The Balaban J connectivity index is 1.97. The molecule has 1 fully saturated rings. The van der Waals surface area contributed by atoms with E-state index in [0.29, 0.717) is 19.4 Å². The molecule has 1 aliphatic heterocycles. The number of nitrogens with one attached hydrogen (secondary N) is 3. The van der Waals surface area contributed by atoms with Crippen molar-refractivity contribution in [1.82, 2.24) is 19.7 Å². The second-order valence-electron chi connectivity index (χ2n) is 9.36. The Labute approximate surface area is 202 Å². The third-order valence-electron chi connectivity index (χ3n) is 6.67. The normalized spacial score (nSPS) is 23.6. The van der Waals surface area contributed by atoms with Crippen LogP contribution in [0.4, 0.5) is 0 Å². The van der Waals surface area contributed by atoms with Crippen molar-refractivity contribution in [1.29, 1.82) is 0 Å². The van der Waals surface area contributed by atoms with Gasteiger partial charge < -0.3 is 10.6 Å². The Bertz CT molecular complexity index is 1140. The molecule has 34 heavy (non-hydrogen) atoms. The van der Waals surface area contributed by atoms with E-state index in [1.165, 1.54) is 14.1 Å². The van der Waals surface area contributed by atoms with E-state index < -0.39 is 37.0 Å². The zero-order valence-electron chi connectivity index (χ0n) is 19.9. The molecule has 3 rings (SSSR count). The van der Waals surface area contributed by atoms with E-state index in [0.717, 1.165) is 21.9 Å². The molecule has 0 spiro atoms. The topological polar surface area (TPSA) is 142 Å². The smallest absolute Gasteiger partial charge is 0.279 e. The SMILES string of the molecule is CCCNC(=O)C1(NC(=O)C2(NS(=O)(=O)N(C)C)CCS(=O)(=O)CC2)CCc2ccccc2C1. The molecule has 0 bridgehead atoms. The maximum Gasteiger partial charge on any atom is 0.279 e. The second-order valence-corrected chi connectivity index (χ2v) is 13.5. The van der Waals surface area contributed by atoms with Gasteiger partial charge in [-0.3, -0.25) is 9.59 Å². The quantitative estimate of drug-likeness (QED) is 0.442. The average molecular weight is 515 g/mol. The number of rotatable bonds is 8. The van der Waals surface area contributed by atoms with Crippen LogP contribution >= 0.6 is 0 Å². The largest absolute Gasteiger partial charge is 0.354 e. The van der Waals surface area contributed by atoms with Crippen molar-refractivity contribution < 1.29 is 26.4 Å². The first-order chi connectivity index (χ1) is 15.8. The number of nitrogens with zero attached hydrogens (tertiary/aromatic N) is 1. The third-order valence-corrected chi connectivity index (χ3v) is 9.94. The summed E-state index contributed by atoms with van der Waals surface area (Å²) in [5.41, 5.74) is -0.908. The lowest BCUT2D eigenvalue weighted by Crippen LogP contribution is -2.70. The molecule has 3 N–H and O–H groups in total. The Hall–Kier alpha value is -2.02.